The van der Waals surface area contributed by atoms with Gasteiger partial charge in [-0.25, -0.2) is 4.98 Å². The average molecular weight is 360 g/mol. The lowest BCUT2D eigenvalue weighted by Gasteiger charge is -2.34. The summed E-state index contributed by atoms with van der Waals surface area (Å²) < 4.78 is 5.32. The van der Waals surface area contributed by atoms with Crippen LogP contribution in [0.2, 0.25) is 0 Å². The Morgan fingerprint density at radius 3 is 3.20 bits per heavy atom. The number of carbonyl (C=O) groups is 1. The number of nitrogens with two attached hydrogens (primary N) is 1. The lowest BCUT2D eigenvalue weighted by Crippen LogP contribution is -2.37. The summed E-state index contributed by atoms with van der Waals surface area (Å²) in [5.41, 5.74) is 8.45. The van der Waals surface area contributed by atoms with Gasteiger partial charge in [-0.15, -0.1) is 11.3 Å². The second-order valence-electron chi connectivity index (χ2n) is 6.25. The molecule has 0 unspecified atom stereocenters. The highest BCUT2D eigenvalue weighted by atomic mass is 32.1. The molecule has 3 N–H and O–H groups in total. The van der Waals surface area contributed by atoms with Crippen molar-refractivity contribution in [2.24, 2.45) is 11.7 Å². The Balaban J connectivity index is 1.74. The third-order valence-corrected chi connectivity index (χ3v) is 5.12. The van der Waals surface area contributed by atoms with Crippen LogP contribution >= 0.6 is 11.3 Å². The number of benzene rings is 1. The third-order valence-electron chi connectivity index (χ3n) is 4.36. The Kier molecular flexibility index (Phi) is 6.01. The molecule has 0 radical (unpaired) electrons. The maximum atomic E-state index is 11.4. The summed E-state index contributed by atoms with van der Waals surface area (Å²) >= 11 is 1.41. The topological polar surface area (TPSA) is 80.5 Å². The largest absolute Gasteiger partial charge is 0.384 e. The van der Waals surface area contributed by atoms with E-state index in [0.29, 0.717) is 11.0 Å². The molecule has 1 aliphatic rings. The lowest BCUT2D eigenvalue weighted by molar-refractivity contribution is -0.114. The van der Waals surface area contributed by atoms with Crippen molar-refractivity contribution in [3.63, 3.8) is 0 Å². The molecule has 1 amide bonds. The number of anilines is 2. The van der Waals surface area contributed by atoms with E-state index in [1.54, 1.807) is 7.11 Å². The second-order valence-corrected chi connectivity index (χ2v) is 7.11. The molecule has 1 fully saturated rings. The van der Waals surface area contributed by atoms with Crippen LogP contribution in [0.1, 0.15) is 12.8 Å². The second kappa shape index (κ2) is 8.42. The van der Waals surface area contributed by atoms with Crippen molar-refractivity contribution in [3.05, 3.63) is 29.6 Å². The van der Waals surface area contributed by atoms with E-state index in [9.17, 15) is 4.79 Å². The van der Waals surface area contributed by atoms with Crippen LogP contribution in [0.25, 0.3) is 11.3 Å². The molecule has 1 atom stereocenters. The molecular formula is C18H24N4O2S. The zero-order valence-corrected chi connectivity index (χ0v) is 15.2. The van der Waals surface area contributed by atoms with Gasteiger partial charge in [0.25, 0.3) is 0 Å². The summed E-state index contributed by atoms with van der Waals surface area (Å²) in [5, 5.41) is 5.23. The van der Waals surface area contributed by atoms with Crippen molar-refractivity contribution in [2.75, 3.05) is 43.6 Å². The molecule has 1 aliphatic heterocycles. The van der Waals surface area contributed by atoms with Gasteiger partial charge in [0, 0.05) is 36.8 Å². The van der Waals surface area contributed by atoms with Gasteiger partial charge in [0.15, 0.2) is 5.13 Å². The molecular weight excluding hydrogens is 336 g/mol. The number of thiazole rings is 1. The predicted octanol–water partition coefficient (Wildman–Crippen LogP) is 2.57. The fourth-order valence-corrected chi connectivity index (χ4v) is 3.90. The molecule has 0 bridgehead atoms. The maximum absolute atomic E-state index is 11.4. The van der Waals surface area contributed by atoms with E-state index in [-0.39, 0.29) is 12.5 Å². The summed E-state index contributed by atoms with van der Waals surface area (Å²) in [7, 11) is 1.77. The number of methoxy groups -OCH3 is 1. The molecule has 7 heteroatoms. The Labute approximate surface area is 152 Å². The number of hydrogen-bond donors (Lipinski definition) is 2. The molecule has 2 heterocycles. The van der Waals surface area contributed by atoms with Crippen LogP contribution < -0.4 is 16.0 Å². The predicted molar refractivity (Wildman–Crippen MR) is 102 cm³/mol. The molecule has 2 aromatic rings. The first-order valence-corrected chi connectivity index (χ1v) is 9.37. The van der Waals surface area contributed by atoms with Gasteiger partial charge in [0.05, 0.1) is 18.8 Å². The standard InChI is InChI=1S/C18H24N4O2S/c1-24-11-13-4-3-7-22(10-13)15-6-2-5-14(8-15)16-12-25-18(20-16)21-17(23)9-19/h2,5-6,8,12-13H,3-4,7,9-11,19H2,1H3,(H,20,21,23)/t13-/m0/s1. The summed E-state index contributed by atoms with van der Waals surface area (Å²) in [6, 6.07) is 8.41. The van der Waals surface area contributed by atoms with Gasteiger partial charge >= 0.3 is 0 Å². The SMILES string of the molecule is COC[C@H]1CCCN(c2cccc(-c3csc(NC(=O)CN)n3)c2)C1. The van der Waals surface area contributed by atoms with Gasteiger partial charge in [-0.3, -0.25) is 4.79 Å². The number of amides is 1. The maximum Gasteiger partial charge on any atom is 0.239 e. The molecule has 1 aromatic carbocycles. The van der Waals surface area contributed by atoms with Crippen molar-refractivity contribution < 1.29 is 9.53 Å². The van der Waals surface area contributed by atoms with Crippen LogP contribution in [-0.4, -0.2) is 44.2 Å². The smallest absolute Gasteiger partial charge is 0.239 e. The highest BCUT2D eigenvalue weighted by Gasteiger charge is 2.20. The minimum Gasteiger partial charge on any atom is -0.384 e. The Bertz CT molecular complexity index is 717. The first-order valence-electron chi connectivity index (χ1n) is 8.49. The van der Waals surface area contributed by atoms with Crippen LogP contribution in [-0.2, 0) is 9.53 Å². The highest BCUT2D eigenvalue weighted by molar-refractivity contribution is 7.14. The van der Waals surface area contributed by atoms with Crippen LogP contribution in [0.3, 0.4) is 0 Å². The number of nitrogens with one attached hydrogen (secondary N) is 1. The average Bonchev–Trinajstić information content (AvgIpc) is 3.11. The van der Waals surface area contributed by atoms with E-state index in [1.807, 2.05) is 11.4 Å². The number of nitrogens with zero attached hydrogens (tertiary/aromatic N) is 2. The van der Waals surface area contributed by atoms with Crippen LogP contribution in [0.15, 0.2) is 29.6 Å². The first-order chi connectivity index (χ1) is 12.2. The van der Waals surface area contributed by atoms with E-state index in [4.69, 9.17) is 10.5 Å². The Morgan fingerprint density at radius 1 is 1.52 bits per heavy atom. The van der Waals surface area contributed by atoms with Crippen molar-refractivity contribution >= 4 is 28.1 Å². The van der Waals surface area contributed by atoms with Crippen molar-refractivity contribution in [3.8, 4) is 11.3 Å². The van der Waals surface area contributed by atoms with Gasteiger partial charge in [0.2, 0.25) is 5.91 Å². The van der Waals surface area contributed by atoms with Crippen LogP contribution in [0.5, 0.6) is 0 Å². The number of carbonyl (C=O) groups excluding carboxylic acids is 1. The summed E-state index contributed by atoms with van der Waals surface area (Å²) in [6.45, 7) is 2.86. The van der Waals surface area contributed by atoms with E-state index < -0.39 is 0 Å². The number of hydrogen-bond acceptors (Lipinski definition) is 6. The van der Waals surface area contributed by atoms with Crippen molar-refractivity contribution in [1.29, 1.82) is 0 Å². The van der Waals surface area contributed by atoms with Crippen molar-refractivity contribution in [2.45, 2.75) is 12.8 Å². The van der Waals surface area contributed by atoms with Gasteiger partial charge < -0.3 is 20.7 Å². The fraction of sp³-hybridized carbons (Fsp3) is 0.444. The Morgan fingerprint density at radius 2 is 2.40 bits per heavy atom. The molecule has 6 nitrogen and oxygen atoms in total. The highest BCUT2D eigenvalue weighted by Crippen LogP contribution is 2.30. The van der Waals surface area contributed by atoms with Gasteiger partial charge in [0.1, 0.15) is 0 Å². The van der Waals surface area contributed by atoms with E-state index in [2.05, 4.69) is 33.4 Å². The van der Waals surface area contributed by atoms with Crippen LogP contribution in [0, 0.1) is 5.92 Å². The third kappa shape index (κ3) is 4.56. The van der Waals surface area contributed by atoms with Gasteiger partial charge in [-0.05, 0) is 30.9 Å². The van der Waals surface area contributed by atoms with Crippen LogP contribution in [0.4, 0.5) is 10.8 Å². The Hall–Kier alpha value is -1.96. The minimum absolute atomic E-state index is 0.0397. The molecule has 25 heavy (non-hydrogen) atoms. The van der Waals surface area contributed by atoms with E-state index >= 15 is 0 Å². The number of aromatic nitrogens is 1. The van der Waals surface area contributed by atoms with E-state index in [0.717, 1.165) is 31.0 Å². The summed E-state index contributed by atoms with van der Waals surface area (Å²) in [6.07, 6.45) is 2.41. The molecule has 0 saturated carbocycles. The zero-order chi connectivity index (χ0) is 17.6. The summed E-state index contributed by atoms with van der Waals surface area (Å²) in [5.74, 6) is 0.354. The monoisotopic (exact) mass is 360 g/mol. The van der Waals surface area contributed by atoms with E-state index in [1.165, 1.54) is 29.9 Å². The normalized spacial score (nSPS) is 17.5. The van der Waals surface area contributed by atoms with Gasteiger partial charge in [-0.2, -0.15) is 0 Å². The molecule has 0 aliphatic carbocycles. The molecule has 1 aromatic heterocycles. The lowest BCUT2D eigenvalue weighted by atomic mass is 9.98. The molecule has 0 spiro atoms. The molecule has 134 valence electrons. The zero-order valence-electron chi connectivity index (χ0n) is 14.4. The fourth-order valence-electron chi connectivity index (χ4n) is 3.17. The number of piperidine rings is 1. The van der Waals surface area contributed by atoms with Gasteiger partial charge in [-0.1, -0.05) is 12.1 Å². The quantitative estimate of drug-likeness (QED) is 0.827. The number of ether oxygens (including phenoxy) is 1. The van der Waals surface area contributed by atoms with Crippen molar-refractivity contribution in [1.82, 2.24) is 4.98 Å². The molecule has 3 rings (SSSR count). The molecule has 1 saturated heterocycles. The summed E-state index contributed by atoms with van der Waals surface area (Å²) in [4.78, 5) is 18.3. The first kappa shape index (κ1) is 17.8. The number of rotatable bonds is 6. The minimum atomic E-state index is -0.229.